The fourth-order valence-electron chi connectivity index (χ4n) is 5.41. The van der Waals surface area contributed by atoms with Gasteiger partial charge in [-0.05, 0) is 84.7 Å². The quantitative estimate of drug-likeness (QED) is 0.135. The fraction of sp³-hybridized carbons (Fsp3) is 0.276. The van der Waals surface area contributed by atoms with Crippen LogP contribution in [0, 0.1) is 13.8 Å². The third-order valence-corrected chi connectivity index (χ3v) is 7.62. The van der Waals surface area contributed by atoms with Crippen molar-refractivity contribution in [2.24, 2.45) is 0 Å². The number of halogens is 1. The molecule has 4 N–H and O–H groups in total. The van der Waals surface area contributed by atoms with Gasteiger partial charge < -0.3 is 9.97 Å². The van der Waals surface area contributed by atoms with Gasteiger partial charge in [-0.2, -0.15) is 0 Å². The maximum Gasteiger partial charge on any atom is 0.267 e. The summed E-state index contributed by atoms with van der Waals surface area (Å²) >= 11 is 6.19. The first-order valence-corrected chi connectivity index (χ1v) is 12.7. The molecular weight excluding hydrogens is 472 g/mol. The second-order valence-corrected chi connectivity index (χ2v) is 10.1. The van der Waals surface area contributed by atoms with E-state index < -0.39 is 5.91 Å². The Balaban J connectivity index is 1.41. The first-order chi connectivity index (χ1) is 17.4. The van der Waals surface area contributed by atoms with E-state index in [1.807, 2.05) is 18.2 Å². The Morgan fingerprint density at radius 2 is 2.06 bits per heavy atom. The number of carbonyl (C=O) groups excluding carboxylic acids is 1. The number of rotatable bonds is 8. The number of aryl methyl sites for hydroxylation is 3. The molecule has 0 bridgehead atoms. The van der Waals surface area contributed by atoms with Gasteiger partial charge in [0, 0.05) is 59.2 Å². The largest absolute Gasteiger partial charge is 0.365 e. The van der Waals surface area contributed by atoms with E-state index in [4.69, 9.17) is 16.8 Å². The molecule has 0 saturated carbocycles. The zero-order chi connectivity index (χ0) is 25.2. The summed E-state index contributed by atoms with van der Waals surface area (Å²) in [5.41, 5.74) is 11.5. The van der Waals surface area contributed by atoms with Crippen LogP contribution < -0.4 is 5.48 Å². The minimum absolute atomic E-state index is 0.326. The number of amides is 1. The topological polar surface area (TPSA) is 84.2 Å². The summed E-state index contributed by atoms with van der Waals surface area (Å²) in [6.07, 6.45) is 10.3. The summed E-state index contributed by atoms with van der Waals surface area (Å²) < 4.78 is 0. The van der Waals surface area contributed by atoms with Crippen molar-refractivity contribution in [3.8, 4) is 0 Å². The van der Waals surface area contributed by atoms with E-state index >= 15 is 0 Å². The second-order valence-electron chi connectivity index (χ2n) is 9.62. The van der Waals surface area contributed by atoms with E-state index in [0.29, 0.717) is 6.04 Å². The molecule has 0 fully saturated rings. The lowest BCUT2D eigenvalue weighted by Crippen LogP contribution is -2.29. The van der Waals surface area contributed by atoms with Crippen molar-refractivity contribution in [1.82, 2.24) is 20.3 Å². The molecule has 7 heteroatoms. The summed E-state index contributed by atoms with van der Waals surface area (Å²) in [5, 5.41) is 10.7. The van der Waals surface area contributed by atoms with E-state index in [9.17, 15) is 4.79 Å². The van der Waals surface area contributed by atoms with Crippen molar-refractivity contribution < 1.29 is 10.0 Å². The van der Waals surface area contributed by atoms with Crippen LogP contribution in [0.1, 0.15) is 51.5 Å². The highest BCUT2D eigenvalue weighted by Gasteiger charge is 2.29. The third-order valence-electron chi connectivity index (χ3n) is 7.38. The summed E-state index contributed by atoms with van der Waals surface area (Å²) in [6, 6.07) is 12.8. The molecule has 5 rings (SSSR count). The van der Waals surface area contributed by atoms with Gasteiger partial charge >= 0.3 is 0 Å². The molecular formula is C29H31ClN4O2. The van der Waals surface area contributed by atoms with Crippen LogP contribution in [0.15, 0.2) is 54.9 Å². The van der Waals surface area contributed by atoms with Gasteiger partial charge in [-0.15, -0.1) is 0 Å². The molecule has 186 valence electrons. The van der Waals surface area contributed by atoms with Gasteiger partial charge in [0.1, 0.15) is 0 Å². The van der Waals surface area contributed by atoms with Gasteiger partial charge in [0.2, 0.25) is 0 Å². The zero-order valence-electron chi connectivity index (χ0n) is 20.6. The minimum Gasteiger partial charge on any atom is -0.365 e. The molecule has 0 spiro atoms. The molecule has 36 heavy (non-hydrogen) atoms. The van der Waals surface area contributed by atoms with Gasteiger partial charge in [0.25, 0.3) is 5.91 Å². The molecule has 0 radical (unpaired) electrons. The average Bonchev–Trinajstić information content (AvgIpc) is 3.57. The number of aromatic nitrogens is 2. The summed E-state index contributed by atoms with van der Waals surface area (Å²) in [4.78, 5) is 20.7. The number of H-pyrrole nitrogens is 2. The molecule has 1 amide bonds. The number of benzene rings is 2. The van der Waals surface area contributed by atoms with Crippen LogP contribution in [0.25, 0.3) is 17.0 Å². The zero-order valence-corrected chi connectivity index (χ0v) is 21.3. The Hall–Kier alpha value is -3.32. The molecule has 1 atom stereocenters. The number of hydrogen-bond donors (Lipinski definition) is 4. The number of carbonyl (C=O) groups is 1. The fourth-order valence-corrected chi connectivity index (χ4v) is 5.59. The molecule has 2 aromatic carbocycles. The third kappa shape index (κ3) is 4.98. The number of aromatic amines is 2. The molecule has 6 nitrogen and oxygen atoms in total. The van der Waals surface area contributed by atoms with Crippen LogP contribution in [0.2, 0.25) is 5.02 Å². The molecule has 0 aliphatic heterocycles. The number of nitrogens with zero attached hydrogens (tertiary/aromatic N) is 1. The summed E-state index contributed by atoms with van der Waals surface area (Å²) in [5.74, 6) is -0.531. The first-order valence-electron chi connectivity index (χ1n) is 12.3. The molecule has 1 unspecified atom stereocenters. The van der Waals surface area contributed by atoms with Crippen LogP contribution in [0.5, 0.6) is 0 Å². The van der Waals surface area contributed by atoms with Crippen LogP contribution in [-0.2, 0) is 24.2 Å². The summed E-state index contributed by atoms with van der Waals surface area (Å²) in [7, 11) is 0. The molecule has 1 aliphatic carbocycles. The Labute approximate surface area is 215 Å². The predicted octanol–water partition coefficient (Wildman–Crippen LogP) is 6.02. The molecule has 2 heterocycles. The van der Waals surface area contributed by atoms with E-state index in [-0.39, 0.29) is 0 Å². The number of nitrogens with one attached hydrogen (secondary N) is 3. The number of hydroxylamine groups is 1. The SMILES string of the molecule is Cc1c[nH]c(C)c1CN(CCc1c[nH]c2cc(Cl)ccc12)C1CCc2cc(/C=C/C(=O)NO)ccc21. The van der Waals surface area contributed by atoms with Gasteiger partial charge in [0.15, 0.2) is 0 Å². The normalized spacial score (nSPS) is 15.3. The van der Waals surface area contributed by atoms with E-state index in [1.54, 1.807) is 11.6 Å². The minimum atomic E-state index is -0.531. The molecule has 4 aromatic rings. The van der Waals surface area contributed by atoms with Crippen molar-refractivity contribution in [3.63, 3.8) is 0 Å². The predicted molar refractivity (Wildman–Crippen MR) is 144 cm³/mol. The van der Waals surface area contributed by atoms with Crippen molar-refractivity contribution in [2.75, 3.05) is 6.54 Å². The molecule has 1 aliphatic rings. The van der Waals surface area contributed by atoms with Crippen molar-refractivity contribution in [2.45, 2.75) is 45.7 Å². The van der Waals surface area contributed by atoms with Gasteiger partial charge in [-0.25, -0.2) is 5.48 Å². The van der Waals surface area contributed by atoms with Crippen molar-refractivity contribution in [1.29, 1.82) is 0 Å². The Morgan fingerprint density at radius 1 is 1.19 bits per heavy atom. The van der Waals surface area contributed by atoms with E-state index in [1.165, 1.54) is 45.0 Å². The second kappa shape index (κ2) is 10.3. The highest BCUT2D eigenvalue weighted by atomic mass is 35.5. The Morgan fingerprint density at radius 3 is 2.83 bits per heavy atom. The number of hydrogen-bond acceptors (Lipinski definition) is 3. The van der Waals surface area contributed by atoms with E-state index in [0.717, 1.165) is 48.5 Å². The Bertz CT molecular complexity index is 1420. The smallest absolute Gasteiger partial charge is 0.267 e. The standard InChI is InChI=1S/C29H31ClN4O2/c1-18-15-31-19(2)26(18)17-34(12-11-22-16-32-27-14-23(30)6-8-24(22)27)28-9-5-21-13-20(3-7-25(21)28)4-10-29(35)33-36/h3-4,6-8,10,13-16,28,31-32,36H,5,9,11-12,17H2,1-2H3,(H,33,35)/b10-4+. The van der Waals surface area contributed by atoms with Gasteiger partial charge in [-0.1, -0.05) is 35.9 Å². The van der Waals surface area contributed by atoms with Crippen LogP contribution in [0.4, 0.5) is 0 Å². The van der Waals surface area contributed by atoms with Crippen molar-refractivity contribution in [3.05, 3.63) is 99.0 Å². The highest BCUT2D eigenvalue weighted by Crippen LogP contribution is 2.38. The average molecular weight is 503 g/mol. The van der Waals surface area contributed by atoms with Gasteiger partial charge in [-0.3, -0.25) is 14.9 Å². The summed E-state index contributed by atoms with van der Waals surface area (Å²) in [6.45, 7) is 6.14. The first kappa shape index (κ1) is 24.4. The van der Waals surface area contributed by atoms with Crippen molar-refractivity contribution >= 4 is 34.5 Å². The Kier molecular flexibility index (Phi) is 7.01. The lowest BCUT2D eigenvalue weighted by atomic mass is 10.0. The molecule has 0 saturated heterocycles. The lowest BCUT2D eigenvalue weighted by molar-refractivity contribution is -0.124. The number of fused-ring (bicyclic) bond motifs is 2. The van der Waals surface area contributed by atoms with Gasteiger partial charge in [0.05, 0.1) is 0 Å². The maximum absolute atomic E-state index is 11.4. The van der Waals surface area contributed by atoms with E-state index in [2.05, 4.69) is 59.3 Å². The van der Waals surface area contributed by atoms with Crippen LogP contribution in [-0.4, -0.2) is 32.5 Å². The van der Waals surface area contributed by atoms with Crippen LogP contribution >= 0.6 is 11.6 Å². The lowest BCUT2D eigenvalue weighted by Gasteiger charge is -2.30. The molecule has 2 aromatic heterocycles. The maximum atomic E-state index is 11.4. The highest BCUT2D eigenvalue weighted by molar-refractivity contribution is 6.31. The van der Waals surface area contributed by atoms with Crippen LogP contribution in [0.3, 0.4) is 0 Å². The monoisotopic (exact) mass is 502 g/mol.